The zero-order valence-corrected chi connectivity index (χ0v) is 11.2. The normalized spacial score (nSPS) is 12.8. The lowest BCUT2D eigenvalue weighted by atomic mass is 10.0. The van der Waals surface area contributed by atoms with E-state index in [1.807, 2.05) is 0 Å². The molecule has 0 fully saturated rings. The van der Waals surface area contributed by atoms with Gasteiger partial charge in [-0.2, -0.15) is 8.42 Å². The zero-order chi connectivity index (χ0) is 12.4. The third kappa shape index (κ3) is 4.55. The van der Waals surface area contributed by atoms with Gasteiger partial charge >= 0.3 is 0 Å². The Hall–Kier alpha value is -0.520. The van der Waals surface area contributed by atoms with Crippen LogP contribution in [0, 0.1) is 5.41 Å². The summed E-state index contributed by atoms with van der Waals surface area (Å²) in [5, 5.41) is 0. The van der Waals surface area contributed by atoms with Crippen LogP contribution >= 0.6 is 11.8 Å². The monoisotopic (exact) mass is 260 g/mol. The average molecular weight is 260 g/mol. The molecule has 0 unspecified atom stereocenters. The largest absolute Gasteiger partial charge is 0.294 e. The van der Waals surface area contributed by atoms with Gasteiger partial charge in [-0.15, -0.1) is 11.8 Å². The van der Waals surface area contributed by atoms with Gasteiger partial charge in [0.2, 0.25) is 0 Å². The molecule has 0 amide bonds. The molecule has 0 saturated carbocycles. The van der Waals surface area contributed by atoms with Gasteiger partial charge in [-0.3, -0.25) is 4.55 Å². The minimum atomic E-state index is -4.07. The summed E-state index contributed by atoms with van der Waals surface area (Å²) in [6, 6.07) is 6.25. The molecule has 16 heavy (non-hydrogen) atoms. The molecule has 0 aliphatic carbocycles. The van der Waals surface area contributed by atoms with Crippen LogP contribution in [0.2, 0.25) is 0 Å². The van der Waals surface area contributed by atoms with Crippen molar-refractivity contribution in [2.24, 2.45) is 5.41 Å². The van der Waals surface area contributed by atoms with E-state index in [9.17, 15) is 8.42 Å². The van der Waals surface area contributed by atoms with Crippen LogP contribution in [0.1, 0.15) is 20.8 Å². The number of hydrogen-bond acceptors (Lipinski definition) is 3. The van der Waals surface area contributed by atoms with Crippen molar-refractivity contribution in [3.63, 3.8) is 0 Å². The Balaban J connectivity index is 2.73. The molecule has 1 rings (SSSR count). The van der Waals surface area contributed by atoms with Crippen LogP contribution in [0.4, 0.5) is 0 Å². The summed E-state index contributed by atoms with van der Waals surface area (Å²) >= 11 is 1.67. The lowest BCUT2D eigenvalue weighted by Crippen LogP contribution is -2.07. The molecule has 0 atom stereocenters. The molecule has 90 valence electrons. The topological polar surface area (TPSA) is 54.4 Å². The van der Waals surface area contributed by atoms with Gasteiger partial charge in [-0.05, 0) is 29.7 Å². The molecule has 1 N–H and O–H groups in total. The first kappa shape index (κ1) is 13.5. The molecule has 0 saturated heterocycles. The SMILES string of the molecule is CC(C)(C)CSc1ccc(S(=O)(=O)O)cc1. The molecule has 0 aliphatic heterocycles. The minimum absolute atomic E-state index is 0.0624. The summed E-state index contributed by atoms with van der Waals surface area (Å²) in [5.41, 5.74) is 0.229. The fourth-order valence-electron chi connectivity index (χ4n) is 1.01. The van der Waals surface area contributed by atoms with E-state index in [2.05, 4.69) is 20.8 Å². The zero-order valence-electron chi connectivity index (χ0n) is 9.60. The summed E-state index contributed by atoms with van der Waals surface area (Å²) in [4.78, 5) is 0.940. The summed E-state index contributed by atoms with van der Waals surface area (Å²) in [7, 11) is -4.07. The number of hydrogen-bond donors (Lipinski definition) is 1. The Morgan fingerprint density at radius 2 is 1.69 bits per heavy atom. The van der Waals surface area contributed by atoms with Crippen LogP contribution in [0.5, 0.6) is 0 Å². The maximum atomic E-state index is 10.8. The minimum Gasteiger partial charge on any atom is -0.282 e. The highest BCUT2D eigenvalue weighted by atomic mass is 32.2. The van der Waals surface area contributed by atoms with Gasteiger partial charge in [0, 0.05) is 10.6 Å². The first-order valence-electron chi connectivity index (χ1n) is 4.89. The molecule has 0 bridgehead atoms. The lowest BCUT2D eigenvalue weighted by molar-refractivity contribution is 0.480. The molecule has 1 aromatic carbocycles. The predicted octanol–water partition coefficient (Wildman–Crippen LogP) is 3.07. The van der Waals surface area contributed by atoms with Gasteiger partial charge in [0.25, 0.3) is 10.1 Å². The molecule has 0 spiro atoms. The van der Waals surface area contributed by atoms with Crippen molar-refractivity contribution in [1.29, 1.82) is 0 Å². The Labute approximate surface area is 101 Å². The molecule has 0 heterocycles. The quantitative estimate of drug-likeness (QED) is 0.670. The van der Waals surface area contributed by atoms with Crippen molar-refractivity contribution in [3.8, 4) is 0 Å². The lowest BCUT2D eigenvalue weighted by Gasteiger charge is -2.17. The smallest absolute Gasteiger partial charge is 0.282 e. The fourth-order valence-corrected chi connectivity index (χ4v) is 2.42. The maximum absolute atomic E-state index is 10.8. The summed E-state index contributed by atoms with van der Waals surface area (Å²) in [5.74, 6) is 0.957. The first-order valence-corrected chi connectivity index (χ1v) is 7.31. The van der Waals surface area contributed by atoms with Crippen LogP contribution in [0.3, 0.4) is 0 Å². The van der Waals surface area contributed by atoms with Crippen LogP contribution in [0.25, 0.3) is 0 Å². The molecular weight excluding hydrogens is 244 g/mol. The Morgan fingerprint density at radius 1 is 1.19 bits per heavy atom. The molecule has 5 heteroatoms. The van der Waals surface area contributed by atoms with E-state index in [1.54, 1.807) is 23.9 Å². The average Bonchev–Trinajstić information content (AvgIpc) is 2.13. The summed E-state index contributed by atoms with van der Waals surface area (Å²) in [6.07, 6.45) is 0. The van der Waals surface area contributed by atoms with E-state index in [4.69, 9.17) is 4.55 Å². The van der Waals surface area contributed by atoms with Crippen molar-refractivity contribution in [1.82, 2.24) is 0 Å². The third-order valence-electron chi connectivity index (χ3n) is 1.79. The van der Waals surface area contributed by atoms with Crippen LogP contribution in [-0.2, 0) is 10.1 Å². The van der Waals surface area contributed by atoms with E-state index >= 15 is 0 Å². The van der Waals surface area contributed by atoms with Gasteiger partial charge in [-0.25, -0.2) is 0 Å². The summed E-state index contributed by atoms with van der Waals surface area (Å²) < 4.78 is 30.4. The number of thioether (sulfide) groups is 1. The molecule has 0 aromatic heterocycles. The highest BCUT2D eigenvalue weighted by Crippen LogP contribution is 2.27. The molecule has 0 aliphatic rings. The third-order valence-corrected chi connectivity index (χ3v) is 4.28. The second-order valence-electron chi connectivity index (χ2n) is 4.80. The second-order valence-corrected chi connectivity index (χ2v) is 7.27. The van der Waals surface area contributed by atoms with Gasteiger partial charge in [0.1, 0.15) is 0 Å². The fraction of sp³-hybridized carbons (Fsp3) is 0.455. The van der Waals surface area contributed by atoms with E-state index < -0.39 is 10.1 Å². The maximum Gasteiger partial charge on any atom is 0.294 e. The van der Waals surface area contributed by atoms with Gasteiger partial charge < -0.3 is 0 Å². The molecule has 3 nitrogen and oxygen atoms in total. The molecular formula is C11H16O3S2. The van der Waals surface area contributed by atoms with Crippen molar-refractivity contribution >= 4 is 21.9 Å². The Bertz CT molecular complexity index is 441. The number of benzene rings is 1. The van der Waals surface area contributed by atoms with Gasteiger partial charge in [0.15, 0.2) is 0 Å². The summed E-state index contributed by atoms with van der Waals surface area (Å²) in [6.45, 7) is 6.44. The van der Waals surface area contributed by atoms with Crippen LogP contribution in [-0.4, -0.2) is 18.7 Å². The predicted molar refractivity (Wildman–Crippen MR) is 66.4 cm³/mol. The van der Waals surface area contributed by atoms with Crippen molar-refractivity contribution in [2.75, 3.05) is 5.75 Å². The Kier molecular flexibility index (Phi) is 4.04. The highest BCUT2D eigenvalue weighted by molar-refractivity contribution is 7.99. The second kappa shape index (κ2) is 4.77. The molecule has 1 aromatic rings. The van der Waals surface area contributed by atoms with E-state index in [-0.39, 0.29) is 10.3 Å². The van der Waals surface area contributed by atoms with Crippen LogP contribution < -0.4 is 0 Å². The van der Waals surface area contributed by atoms with Crippen LogP contribution in [0.15, 0.2) is 34.1 Å². The van der Waals surface area contributed by atoms with E-state index in [0.717, 1.165) is 10.6 Å². The van der Waals surface area contributed by atoms with E-state index in [1.165, 1.54) is 12.1 Å². The first-order chi connectivity index (χ1) is 7.18. The Morgan fingerprint density at radius 3 is 2.06 bits per heavy atom. The van der Waals surface area contributed by atoms with Gasteiger partial charge in [0.05, 0.1) is 4.90 Å². The van der Waals surface area contributed by atoms with Crippen molar-refractivity contribution in [3.05, 3.63) is 24.3 Å². The van der Waals surface area contributed by atoms with Gasteiger partial charge in [-0.1, -0.05) is 20.8 Å². The van der Waals surface area contributed by atoms with Crippen molar-refractivity contribution in [2.45, 2.75) is 30.6 Å². The number of rotatable bonds is 3. The standard InChI is InChI=1S/C11H16O3S2/c1-11(2,3)8-15-9-4-6-10(7-5-9)16(12,13)14/h4-7H,8H2,1-3H3,(H,12,13,14). The highest BCUT2D eigenvalue weighted by Gasteiger charge is 2.12. The molecule has 0 radical (unpaired) electrons. The van der Waals surface area contributed by atoms with Crippen molar-refractivity contribution < 1.29 is 13.0 Å². The van der Waals surface area contributed by atoms with E-state index in [0.29, 0.717) is 0 Å².